The van der Waals surface area contributed by atoms with Crippen molar-refractivity contribution in [1.82, 2.24) is 14.7 Å². The number of carbonyl (C=O) groups is 2. The van der Waals surface area contributed by atoms with Crippen LogP contribution >= 0.6 is 0 Å². The van der Waals surface area contributed by atoms with Crippen molar-refractivity contribution >= 4 is 17.6 Å². The minimum absolute atomic E-state index is 0.162. The molecule has 3 aromatic rings. The average molecular weight is 418 g/mol. The second kappa shape index (κ2) is 9.04. The lowest BCUT2D eigenvalue weighted by molar-refractivity contribution is -0.140. The molecule has 1 saturated heterocycles. The molecule has 7 heteroatoms. The van der Waals surface area contributed by atoms with E-state index in [1.54, 1.807) is 34.8 Å². The Hall–Kier alpha value is -3.61. The maximum atomic E-state index is 12.8. The number of rotatable bonds is 5. The van der Waals surface area contributed by atoms with Gasteiger partial charge in [0.15, 0.2) is 6.10 Å². The van der Waals surface area contributed by atoms with Gasteiger partial charge in [0.1, 0.15) is 0 Å². The molecule has 0 N–H and O–H groups in total. The van der Waals surface area contributed by atoms with Crippen LogP contribution in [0.25, 0.3) is 5.69 Å². The standard InChI is InChI=1S/C24H26N4O3/c1-18-12-13-25-28(18)22-10-8-20(9-11-22)24(30)31-19(2)23(29)27-16-14-26(15-17-27)21-6-4-3-5-7-21/h3-13,19H,14-17H2,1-2H3/t19-/m0/s1. The quantitative estimate of drug-likeness (QED) is 0.596. The van der Waals surface area contributed by atoms with Gasteiger partial charge in [-0.05, 0) is 56.3 Å². The molecule has 2 aromatic carbocycles. The normalized spacial score (nSPS) is 14.9. The van der Waals surface area contributed by atoms with Crippen LogP contribution in [0.15, 0.2) is 66.9 Å². The summed E-state index contributed by atoms with van der Waals surface area (Å²) in [7, 11) is 0. The molecule has 31 heavy (non-hydrogen) atoms. The van der Waals surface area contributed by atoms with E-state index in [0.29, 0.717) is 18.7 Å². The molecule has 1 aliphatic heterocycles. The van der Waals surface area contributed by atoms with Crippen LogP contribution in [0.3, 0.4) is 0 Å². The number of piperazine rings is 1. The number of hydrogen-bond donors (Lipinski definition) is 0. The summed E-state index contributed by atoms with van der Waals surface area (Å²) >= 11 is 0. The van der Waals surface area contributed by atoms with E-state index < -0.39 is 12.1 Å². The van der Waals surface area contributed by atoms with Crippen LogP contribution in [-0.2, 0) is 9.53 Å². The summed E-state index contributed by atoms with van der Waals surface area (Å²) in [6.45, 7) is 6.31. The molecule has 2 heterocycles. The molecule has 0 spiro atoms. The molecule has 4 rings (SSSR count). The van der Waals surface area contributed by atoms with Gasteiger partial charge in [-0.15, -0.1) is 0 Å². The van der Waals surface area contributed by atoms with Gasteiger partial charge in [-0.25, -0.2) is 9.48 Å². The summed E-state index contributed by atoms with van der Waals surface area (Å²) in [4.78, 5) is 29.3. The van der Waals surface area contributed by atoms with Crippen molar-refractivity contribution in [2.45, 2.75) is 20.0 Å². The van der Waals surface area contributed by atoms with Gasteiger partial charge in [-0.3, -0.25) is 4.79 Å². The zero-order chi connectivity index (χ0) is 21.8. The smallest absolute Gasteiger partial charge is 0.338 e. The lowest BCUT2D eigenvalue weighted by atomic mass is 10.2. The Bertz CT molecular complexity index is 1040. The third-order valence-electron chi connectivity index (χ3n) is 5.52. The highest BCUT2D eigenvalue weighted by molar-refractivity contribution is 5.92. The highest BCUT2D eigenvalue weighted by Gasteiger charge is 2.27. The molecule has 0 bridgehead atoms. The second-order valence-electron chi connectivity index (χ2n) is 7.63. The first-order valence-corrected chi connectivity index (χ1v) is 10.4. The summed E-state index contributed by atoms with van der Waals surface area (Å²) in [5.74, 6) is -0.669. The third kappa shape index (κ3) is 4.60. The van der Waals surface area contributed by atoms with Gasteiger partial charge in [0, 0.05) is 43.8 Å². The molecule has 0 unspecified atom stereocenters. The first kappa shape index (κ1) is 20.7. The summed E-state index contributed by atoms with van der Waals surface area (Å²) in [5, 5.41) is 4.26. The molecule has 7 nitrogen and oxygen atoms in total. The Balaban J connectivity index is 1.31. The first-order valence-electron chi connectivity index (χ1n) is 10.4. The number of hydrogen-bond acceptors (Lipinski definition) is 5. The Morgan fingerprint density at radius 1 is 0.903 bits per heavy atom. The highest BCUT2D eigenvalue weighted by Crippen LogP contribution is 2.17. The molecule has 1 amide bonds. The van der Waals surface area contributed by atoms with Gasteiger partial charge in [0.25, 0.3) is 5.91 Å². The fraction of sp³-hybridized carbons (Fsp3) is 0.292. The van der Waals surface area contributed by atoms with E-state index in [4.69, 9.17) is 4.74 Å². The van der Waals surface area contributed by atoms with Gasteiger partial charge in [0.05, 0.1) is 11.3 Å². The van der Waals surface area contributed by atoms with Crippen LogP contribution in [0.1, 0.15) is 23.0 Å². The molecule has 1 atom stereocenters. The van der Waals surface area contributed by atoms with Crippen LogP contribution in [0, 0.1) is 6.92 Å². The molecular formula is C24H26N4O3. The van der Waals surface area contributed by atoms with E-state index in [0.717, 1.165) is 30.2 Å². The number of benzene rings is 2. The van der Waals surface area contributed by atoms with E-state index in [2.05, 4.69) is 22.1 Å². The predicted octanol–water partition coefficient (Wildman–Crippen LogP) is 3.07. The fourth-order valence-corrected chi connectivity index (χ4v) is 3.74. The Labute approximate surface area is 181 Å². The zero-order valence-corrected chi connectivity index (χ0v) is 17.8. The molecule has 0 saturated carbocycles. The molecule has 160 valence electrons. The number of carbonyl (C=O) groups excluding carboxylic acids is 2. The van der Waals surface area contributed by atoms with E-state index in [1.807, 2.05) is 43.3 Å². The van der Waals surface area contributed by atoms with Gasteiger partial charge in [-0.2, -0.15) is 5.10 Å². The SMILES string of the molecule is Cc1ccnn1-c1ccc(C(=O)O[C@@H](C)C(=O)N2CCN(c3ccccc3)CC2)cc1. The van der Waals surface area contributed by atoms with Gasteiger partial charge >= 0.3 is 5.97 Å². The Morgan fingerprint density at radius 2 is 1.58 bits per heavy atom. The van der Waals surface area contributed by atoms with Crippen molar-refractivity contribution in [3.8, 4) is 5.69 Å². The summed E-state index contributed by atoms with van der Waals surface area (Å²) in [5.41, 5.74) is 3.42. The number of aromatic nitrogens is 2. The number of anilines is 1. The van der Waals surface area contributed by atoms with Crippen molar-refractivity contribution in [1.29, 1.82) is 0 Å². The Morgan fingerprint density at radius 3 is 2.19 bits per heavy atom. The van der Waals surface area contributed by atoms with Gasteiger partial charge < -0.3 is 14.5 Å². The fourth-order valence-electron chi connectivity index (χ4n) is 3.74. The van der Waals surface area contributed by atoms with Crippen molar-refractivity contribution in [2.24, 2.45) is 0 Å². The number of nitrogens with zero attached hydrogens (tertiary/aromatic N) is 4. The van der Waals surface area contributed by atoms with Crippen LogP contribution in [0.4, 0.5) is 5.69 Å². The number of ether oxygens (including phenoxy) is 1. The molecule has 0 radical (unpaired) electrons. The number of esters is 1. The number of aryl methyl sites for hydroxylation is 1. The predicted molar refractivity (Wildman–Crippen MR) is 118 cm³/mol. The highest BCUT2D eigenvalue weighted by atomic mass is 16.5. The molecule has 0 aliphatic carbocycles. The average Bonchev–Trinajstić information content (AvgIpc) is 3.25. The summed E-state index contributed by atoms with van der Waals surface area (Å²) in [6, 6.07) is 19.1. The monoisotopic (exact) mass is 418 g/mol. The van der Waals surface area contributed by atoms with Crippen LogP contribution in [-0.4, -0.2) is 58.8 Å². The van der Waals surface area contributed by atoms with E-state index in [9.17, 15) is 9.59 Å². The minimum atomic E-state index is -0.830. The third-order valence-corrected chi connectivity index (χ3v) is 5.52. The number of para-hydroxylation sites is 1. The maximum absolute atomic E-state index is 12.8. The summed E-state index contributed by atoms with van der Waals surface area (Å²) in [6.07, 6.45) is 0.897. The van der Waals surface area contributed by atoms with Crippen LogP contribution < -0.4 is 4.90 Å². The summed E-state index contributed by atoms with van der Waals surface area (Å²) < 4.78 is 7.24. The lowest BCUT2D eigenvalue weighted by Gasteiger charge is -2.37. The van der Waals surface area contributed by atoms with E-state index >= 15 is 0 Å². The zero-order valence-electron chi connectivity index (χ0n) is 17.8. The molecule has 1 aromatic heterocycles. The lowest BCUT2D eigenvalue weighted by Crippen LogP contribution is -2.51. The van der Waals surface area contributed by atoms with Crippen LogP contribution in [0.5, 0.6) is 0 Å². The number of amides is 1. The van der Waals surface area contributed by atoms with Crippen LogP contribution in [0.2, 0.25) is 0 Å². The molecule has 1 fully saturated rings. The molecule has 1 aliphatic rings. The molecular weight excluding hydrogens is 392 g/mol. The van der Waals surface area contributed by atoms with Crippen molar-refractivity contribution in [3.05, 3.63) is 78.1 Å². The topological polar surface area (TPSA) is 67.7 Å². The van der Waals surface area contributed by atoms with Crippen molar-refractivity contribution in [3.63, 3.8) is 0 Å². The van der Waals surface area contributed by atoms with Gasteiger partial charge in [0.2, 0.25) is 0 Å². The largest absolute Gasteiger partial charge is 0.449 e. The van der Waals surface area contributed by atoms with E-state index in [1.165, 1.54) is 0 Å². The second-order valence-corrected chi connectivity index (χ2v) is 7.63. The maximum Gasteiger partial charge on any atom is 0.338 e. The van der Waals surface area contributed by atoms with E-state index in [-0.39, 0.29) is 5.91 Å². The van der Waals surface area contributed by atoms with Crippen molar-refractivity contribution < 1.29 is 14.3 Å². The Kier molecular flexibility index (Phi) is 6.02. The minimum Gasteiger partial charge on any atom is -0.449 e. The van der Waals surface area contributed by atoms with Gasteiger partial charge in [-0.1, -0.05) is 18.2 Å². The van der Waals surface area contributed by atoms with Crippen molar-refractivity contribution in [2.75, 3.05) is 31.1 Å². The first-order chi connectivity index (χ1) is 15.0.